The summed E-state index contributed by atoms with van der Waals surface area (Å²) in [6.07, 6.45) is -3.48. The number of alkyl halides is 3. The van der Waals surface area contributed by atoms with Gasteiger partial charge in [0.2, 0.25) is 5.91 Å². The van der Waals surface area contributed by atoms with Crippen LogP contribution in [0.15, 0.2) is 58.5 Å². The second kappa shape index (κ2) is 8.65. The molecule has 0 unspecified atom stereocenters. The minimum Gasteiger partial charge on any atom is -0.272 e. The van der Waals surface area contributed by atoms with Crippen molar-refractivity contribution in [3.63, 3.8) is 0 Å². The van der Waals surface area contributed by atoms with Crippen molar-refractivity contribution >= 4 is 34.8 Å². The molecule has 0 aliphatic rings. The van der Waals surface area contributed by atoms with Gasteiger partial charge in [0.25, 0.3) is 0 Å². The number of nitrogens with zero attached hydrogens (tertiary/aromatic N) is 2. The van der Waals surface area contributed by atoms with E-state index in [4.69, 9.17) is 0 Å². The van der Waals surface area contributed by atoms with Crippen molar-refractivity contribution in [3.05, 3.63) is 70.9 Å². The largest absolute Gasteiger partial charge is 0.417 e. The number of benzene rings is 2. The molecule has 2 aromatic carbocycles. The van der Waals surface area contributed by atoms with Crippen molar-refractivity contribution in [2.24, 2.45) is 5.10 Å². The van der Waals surface area contributed by atoms with Crippen LogP contribution in [0.4, 0.5) is 13.2 Å². The third kappa shape index (κ3) is 5.35. The van der Waals surface area contributed by atoms with Gasteiger partial charge in [-0.3, -0.25) is 9.78 Å². The van der Waals surface area contributed by atoms with Gasteiger partial charge in [-0.15, -0.1) is 11.8 Å². The number of aromatic nitrogens is 1. The number of hydrogen-bond donors (Lipinski definition) is 1. The molecule has 0 radical (unpaired) electrons. The normalized spacial score (nSPS) is 11.9. The lowest BCUT2D eigenvalue weighted by atomic mass is 10.1. The van der Waals surface area contributed by atoms with E-state index in [1.54, 1.807) is 0 Å². The molecule has 4 nitrogen and oxygen atoms in total. The van der Waals surface area contributed by atoms with Gasteiger partial charge in [-0.25, -0.2) is 5.43 Å². The van der Waals surface area contributed by atoms with E-state index in [0.717, 1.165) is 39.3 Å². The van der Waals surface area contributed by atoms with Crippen LogP contribution in [0.1, 0.15) is 22.4 Å². The van der Waals surface area contributed by atoms with Crippen LogP contribution in [0.3, 0.4) is 0 Å². The highest BCUT2D eigenvalue weighted by molar-refractivity contribution is 8.00. The number of halogens is 3. The molecule has 0 saturated carbocycles. The van der Waals surface area contributed by atoms with E-state index in [1.165, 1.54) is 30.0 Å². The lowest BCUT2D eigenvalue weighted by Crippen LogP contribution is -2.20. The van der Waals surface area contributed by atoms with E-state index in [0.29, 0.717) is 0 Å². The van der Waals surface area contributed by atoms with Crippen LogP contribution in [0, 0.1) is 13.8 Å². The summed E-state index contributed by atoms with van der Waals surface area (Å²) in [4.78, 5) is 17.5. The van der Waals surface area contributed by atoms with E-state index in [1.807, 2.05) is 38.1 Å². The lowest BCUT2D eigenvalue weighted by molar-refractivity contribution is -0.137. The molecule has 29 heavy (non-hydrogen) atoms. The van der Waals surface area contributed by atoms with Crippen molar-refractivity contribution in [1.29, 1.82) is 0 Å². The molecule has 1 amide bonds. The number of fused-ring (bicyclic) bond motifs is 1. The highest BCUT2D eigenvalue weighted by Gasteiger charge is 2.32. The molecule has 0 bridgehead atoms. The summed E-state index contributed by atoms with van der Waals surface area (Å²) in [5.74, 6) is -0.337. The van der Waals surface area contributed by atoms with Crippen LogP contribution in [-0.2, 0) is 11.0 Å². The van der Waals surface area contributed by atoms with Crippen LogP contribution >= 0.6 is 11.8 Å². The average Bonchev–Trinajstić information content (AvgIpc) is 2.66. The van der Waals surface area contributed by atoms with Crippen LogP contribution in [-0.4, -0.2) is 22.9 Å². The molecule has 0 atom stereocenters. The van der Waals surface area contributed by atoms with Crippen molar-refractivity contribution in [3.8, 4) is 0 Å². The highest BCUT2D eigenvalue weighted by atomic mass is 32.2. The zero-order chi connectivity index (χ0) is 21.0. The second-order valence-electron chi connectivity index (χ2n) is 6.45. The smallest absolute Gasteiger partial charge is 0.272 e. The molecule has 150 valence electrons. The number of rotatable bonds is 5. The van der Waals surface area contributed by atoms with Gasteiger partial charge in [0, 0.05) is 21.5 Å². The quantitative estimate of drug-likeness (QED) is 0.356. The molecular formula is C21H18F3N3OS. The van der Waals surface area contributed by atoms with Crippen LogP contribution in [0.25, 0.3) is 10.9 Å². The lowest BCUT2D eigenvalue weighted by Gasteiger charge is -2.09. The Labute approximate surface area is 170 Å². The van der Waals surface area contributed by atoms with Gasteiger partial charge in [-0.1, -0.05) is 29.8 Å². The topological polar surface area (TPSA) is 54.4 Å². The van der Waals surface area contributed by atoms with E-state index in [2.05, 4.69) is 15.5 Å². The molecule has 1 N–H and O–H groups in total. The standard InChI is InChI=1S/C21H18F3N3OS/c1-13-7-8-18-16(9-13)19(10-14(2)26-18)29-12-20(28)27-25-11-15-5-3-4-6-17(15)21(22,23)24/h3-11H,12H2,1-2H3,(H,27,28)/b25-11+. The minimum absolute atomic E-state index is 0.0742. The monoisotopic (exact) mass is 417 g/mol. The Balaban J connectivity index is 1.67. The summed E-state index contributed by atoms with van der Waals surface area (Å²) in [6.45, 7) is 3.86. The molecule has 0 saturated heterocycles. The van der Waals surface area contributed by atoms with Gasteiger partial charge in [0.15, 0.2) is 0 Å². The maximum absolute atomic E-state index is 13.0. The molecule has 1 aromatic heterocycles. The first-order chi connectivity index (χ1) is 13.7. The first kappa shape index (κ1) is 20.9. The molecule has 0 spiro atoms. The third-order valence-electron chi connectivity index (χ3n) is 4.07. The molecule has 3 aromatic rings. The predicted octanol–water partition coefficient (Wildman–Crippen LogP) is 5.11. The Hall–Kier alpha value is -2.87. The zero-order valence-electron chi connectivity index (χ0n) is 15.7. The summed E-state index contributed by atoms with van der Waals surface area (Å²) in [6, 6.07) is 12.9. The number of hydrogen-bond acceptors (Lipinski definition) is 4. The number of carbonyl (C=O) groups excluding carboxylic acids is 1. The van der Waals surface area contributed by atoms with Crippen molar-refractivity contribution in [2.75, 3.05) is 5.75 Å². The number of carbonyl (C=O) groups is 1. The summed E-state index contributed by atoms with van der Waals surface area (Å²) < 4.78 is 38.9. The van der Waals surface area contributed by atoms with Crippen LogP contribution in [0.2, 0.25) is 0 Å². The fraction of sp³-hybridized carbons (Fsp3) is 0.190. The number of aryl methyl sites for hydroxylation is 2. The summed E-state index contributed by atoms with van der Waals surface area (Å²) >= 11 is 1.33. The van der Waals surface area contributed by atoms with E-state index in [9.17, 15) is 18.0 Å². The molecular weight excluding hydrogens is 399 g/mol. The van der Waals surface area contributed by atoms with Gasteiger partial charge < -0.3 is 0 Å². The van der Waals surface area contributed by atoms with Crippen molar-refractivity contribution in [2.45, 2.75) is 24.9 Å². The van der Waals surface area contributed by atoms with Gasteiger partial charge in [-0.2, -0.15) is 18.3 Å². The summed E-state index contributed by atoms with van der Waals surface area (Å²) in [5, 5.41) is 4.63. The predicted molar refractivity (Wildman–Crippen MR) is 109 cm³/mol. The third-order valence-corrected chi connectivity index (χ3v) is 5.13. The number of thioether (sulfide) groups is 1. The first-order valence-electron chi connectivity index (χ1n) is 8.73. The average molecular weight is 417 g/mol. The van der Waals surface area contributed by atoms with Gasteiger partial charge in [0.1, 0.15) is 0 Å². The molecule has 1 heterocycles. The van der Waals surface area contributed by atoms with Crippen molar-refractivity contribution in [1.82, 2.24) is 10.4 Å². The fourth-order valence-electron chi connectivity index (χ4n) is 2.77. The summed E-state index contributed by atoms with van der Waals surface area (Å²) in [7, 11) is 0. The molecule has 0 aliphatic heterocycles. The maximum atomic E-state index is 13.0. The van der Waals surface area contributed by atoms with E-state index >= 15 is 0 Å². The highest BCUT2D eigenvalue weighted by Crippen LogP contribution is 2.31. The van der Waals surface area contributed by atoms with E-state index in [-0.39, 0.29) is 11.3 Å². The number of pyridine rings is 1. The fourth-order valence-corrected chi connectivity index (χ4v) is 3.70. The molecule has 0 aliphatic carbocycles. The van der Waals surface area contributed by atoms with Gasteiger partial charge >= 0.3 is 6.18 Å². The Bertz CT molecular complexity index is 1080. The zero-order valence-corrected chi connectivity index (χ0v) is 16.6. The van der Waals surface area contributed by atoms with Crippen LogP contribution in [0.5, 0.6) is 0 Å². The second-order valence-corrected chi connectivity index (χ2v) is 7.47. The summed E-state index contributed by atoms with van der Waals surface area (Å²) in [5.41, 5.74) is 4.14. The SMILES string of the molecule is Cc1ccc2nc(C)cc(SCC(=O)N/N=C/c3ccccc3C(F)(F)F)c2c1. The Morgan fingerprint density at radius 2 is 1.93 bits per heavy atom. The number of amides is 1. The van der Waals surface area contributed by atoms with E-state index < -0.39 is 17.6 Å². The van der Waals surface area contributed by atoms with Gasteiger partial charge in [-0.05, 0) is 38.1 Å². The van der Waals surface area contributed by atoms with Crippen LogP contribution < -0.4 is 5.43 Å². The molecule has 0 fully saturated rings. The Kier molecular flexibility index (Phi) is 6.22. The number of nitrogens with one attached hydrogen (secondary N) is 1. The van der Waals surface area contributed by atoms with Crippen molar-refractivity contribution < 1.29 is 18.0 Å². The Morgan fingerprint density at radius 1 is 1.17 bits per heavy atom. The van der Waals surface area contributed by atoms with Gasteiger partial charge in [0.05, 0.1) is 23.0 Å². The molecule has 3 rings (SSSR count). The minimum atomic E-state index is -4.49. The maximum Gasteiger partial charge on any atom is 0.417 e. The molecule has 8 heteroatoms. The number of hydrazone groups is 1. The first-order valence-corrected chi connectivity index (χ1v) is 9.71. The Morgan fingerprint density at radius 3 is 2.69 bits per heavy atom.